The van der Waals surface area contributed by atoms with Crippen LogP contribution in [0, 0.1) is 0 Å². The van der Waals surface area contributed by atoms with E-state index >= 15 is 0 Å². The first-order valence-corrected chi connectivity index (χ1v) is 10.2. The van der Waals surface area contributed by atoms with E-state index in [2.05, 4.69) is 73.7 Å². The standard InChI is InChI=1S/C28H20O2/c1-19-27(21-10-3-2-4-11-21)29-26-14-8-7-13-24(26)28(19)18-17-23-22-12-6-5-9-20(22)15-16-25(23)30-28/h2-18H,1H3. The largest absolute Gasteiger partial charge is 0.473 e. The van der Waals surface area contributed by atoms with E-state index in [1.165, 1.54) is 10.8 Å². The van der Waals surface area contributed by atoms with Gasteiger partial charge in [-0.25, -0.2) is 0 Å². The van der Waals surface area contributed by atoms with E-state index in [4.69, 9.17) is 9.47 Å². The van der Waals surface area contributed by atoms with Gasteiger partial charge < -0.3 is 9.47 Å². The predicted molar refractivity (Wildman–Crippen MR) is 121 cm³/mol. The van der Waals surface area contributed by atoms with Crippen LogP contribution in [0.2, 0.25) is 0 Å². The molecule has 0 saturated heterocycles. The first-order chi connectivity index (χ1) is 14.8. The highest BCUT2D eigenvalue weighted by Gasteiger charge is 2.44. The number of benzene rings is 4. The normalized spacial score (nSPS) is 19.2. The van der Waals surface area contributed by atoms with Gasteiger partial charge in [0.1, 0.15) is 17.3 Å². The molecule has 1 atom stereocenters. The average molecular weight is 388 g/mol. The summed E-state index contributed by atoms with van der Waals surface area (Å²) in [5, 5.41) is 2.41. The fourth-order valence-corrected chi connectivity index (χ4v) is 4.58. The number of para-hydroxylation sites is 1. The average Bonchev–Trinajstić information content (AvgIpc) is 2.82. The summed E-state index contributed by atoms with van der Waals surface area (Å²) < 4.78 is 13.2. The van der Waals surface area contributed by atoms with Gasteiger partial charge in [-0.2, -0.15) is 0 Å². The highest BCUT2D eigenvalue weighted by molar-refractivity contribution is 5.94. The van der Waals surface area contributed by atoms with Crippen molar-refractivity contribution in [2.75, 3.05) is 0 Å². The van der Waals surface area contributed by atoms with Crippen LogP contribution in [0.25, 0.3) is 22.6 Å². The van der Waals surface area contributed by atoms with Gasteiger partial charge in [0.2, 0.25) is 0 Å². The maximum atomic E-state index is 6.83. The number of fused-ring (bicyclic) bond motifs is 5. The molecule has 0 saturated carbocycles. The molecule has 2 heteroatoms. The Balaban J connectivity index is 1.60. The lowest BCUT2D eigenvalue weighted by molar-refractivity contribution is 0.146. The second-order valence-corrected chi connectivity index (χ2v) is 7.79. The fourth-order valence-electron chi connectivity index (χ4n) is 4.58. The van der Waals surface area contributed by atoms with Crippen molar-refractivity contribution in [2.24, 2.45) is 0 Å². The number of hydrogen-bond donors (Lipinski definition) is 0. The van der Waals surface area contributed by atoms with Crippen LogP contribution in [0.4, 0.5) is 0 Å². The third-order valence-electron chi connectivity index (χ3n) is 6.12. The molecule has 6 rings (SSSR count). The summed E-state index contributed by atoms with van der Waals surface area (Å²) in [5.74, 6) is 2.57. The molecule has 4 aromatic carbocycles. The zero-order valence-electron chi connectivity index (χ0n) is 16.6. The predicted octanol–water partition coefficient (Wildman–Crippen LogP) is 6.96. The Bertz CT molecular complexity index is 1350. The number of rotatable bonds is 1. The molecule has 0 N–H and O–H groups in total. The third-order valence-corrected chi connectivity index (χ3v) is 6.12. The molecule has 1 spiro atoms. The van der Waals surface area contributed by atoms with Gasteiger partial charge in [0.25, 0.3) is 0 Å². The minimum Gasteiger partial charge on any atom is -0.473 e. The summed E-state index contributed by atoms with van der Waals surface area (Å²) in [5.41, 5.74) is 3.54. The van der Waals surface area contributed by atoms with Crippen LogP contribution in [0.1, 0.15) is 23.6 Å². The van der Waals surface area contributed by atoms with Crippen LogP contribution in [0.5, 0.6) is 11.5 Å². The molecule has 30 heavy (non-hydrogen) atoms. The molecular formula is C28H20O2. The maximum absolute atomic E-state index is 6.83. The van der Waals surface area contributed by atoms with Crippen molar-refractivity contribution in [1.29, 1.82) is 0 Å². The van der Waals surface area contributed by atoms with Gasteiger partial charge in [-0.3, -0.25) is 0 Å². The molecule has 0 radical (unpaired) electrons. The van der Waals surface area contributed by atoms with Crippen LogP contribution < -0.4 is 9.47 Å². The van der Waals surface area contributed by atoms with Crippen LogP contribution in [0.15, 0.2) is 103 Å². The van der Waals surface area contributed by atoms with E-state index in [-0.39, 0.29) is 0 Å². The highest BCUT2D eigenvalue weighted by Crippen LogP contribution is 2.51. The van der Waals surface area contributed by atoms with Crippen LogP contribution in [-0.4, -0.2) is 0 Å². The van der Waals surface area contributed by atoms with Gasteiger partial charge in [-0.1, -0.05) is 78.9 Å². The summed E-state index contributed by atoms with van der Waals surface area (Å²) in [4.78, 5) is 0. The van der Waals surface area contributed by atoms with Crippen LogP contribution in [0.3, 0.4) is 0 Å². The second kappa shape index (κ2) is 6.36. The Kier molecular flexibility index (Phi) is 3.63. The molecular weight excluding hydrogens is 368 g/mol. The second-order valence-electron chi connectivity index (χ2n) is 7.79. The molecule has 2 heterocycles. The summed E-state index contributed by atoms with van der Waals surface area (Å²) in [6.07, 6.45) is 4.39. The molecule has 2 aliphatic heterocycles. The summed E-state index contributed by atoms with van der Waals surface area (Å²) >= 11 is 0. The van der Waals surface area contributed by atoms with E-state index in [0.29, 0.717) is 0 Å². The summed E-state index contributed by atoms with van der Waals surface area (Å²) in [6.45, 7) is 2.11. The number of ether oxygens (including phenoxy) is 2. The Morgan fingerprint density at radius 1 is 0.700 bits per heavy atom. The highest BCUT2D eigenvalue weighted by atomic mass is 16.5. The Hall–Kier alpha value is -3.78. The lowest BCUT2D eigenvalue weighted by Crippen LogP contribution is -2.38. The lowest BCUT2D eigenvalue weighted by atomic mass is 9.80. The van der Waals surface area contributed by atoms with Gasteiger partial charge >= 0.3 is 0 Å². The zero-order valence-corrected chi connectivity index (χ0v) is 16.6. The number of hydrogen-bond acceptors (Lipinski definition) is 2. The quantitative estimate of drug-likeness (QED) is 0.351. The van der Waals surface area contributed by atoms with Crippen molar-refractivity contribution >= 4 is 22.6 Å². The van der Waals surface area contributed by atoms with Gasteiger partial charge in [0.15, 0.2) is 5.60 Å². The molecule has 2 nitrogen and oxygen atoms in total. The molecule has 0 bridgehead atoms. The van der Waals surface area contributed by atoms with Gasteiger partial charge in [-0.05, 0) is 42.0 Å². The Labute approximate surface area is 175 Å². The molecule has 2 aliphatic rings. The first kappa shape index (κ1) is 17.1. The molecule has 0 amide bonds. The van der Waals surface area contributed by atoms with Crippen molar-refractivity contribution in [2.45, 2.75) is 12.5 Å². The molecule has 4 aromatic rings. The minimum absolute atomic E-state index is 0.699. The van der Waals surface area contributed by atoms with Gasteiger partial charge in [-0.15, -0.1) is 0 Å². The van der Waals surface area contributed by atoms with Crippen LogP contribution >= 0.6 is 0 Å². The van der Waals surface area contributed by atoms with E-state index in [0.717, 1.165) is 39.5 Å². The lowest BCUT2D eigenvalue weighted by Gasteiger charge is -2.41. The van der Waals surface area contributed by atoms with Crippen molar-refractivity contribution in [3.63, 3.8) is 0 Å². The smallest absolute Gasteiger partial charge is 0.181 e. The van der Waals surface area contributed by atoms with Crippen molar-refractivity contribution < 1.29 is 9.47 Å². The molecule has 0 aromatic heterocycles. The topological polar surface area (TPSA) is 18.5 Å². The van der Waals surface area contributed by atoms with E-state index in [1.807, 2.05) is 36.4 Å². The maximum Gasteiger partial charge on any atom is 0.181 e. The van der Waals surface area contributed by atoms with Gasteiger partial charge in [0.05, 0.1) is 0 Å². The minimum atomic E-state index is -0.699. The summed E-state index contributed by atoms with van der Waals surface area (Å²) in [7, 11) is 0. The molecule has 1 unspecified atom stereocenters. The van der Waals surface area contributed by atoms with Crippen molar-refractivity contribution in [1.82, 2.24) is 0 Å². The Morgan fingerprint density at radius 3 is 2.37 bits per heavy atom. The fraction of sp³-hybridized carbons (Fsp3) is 0.0714. The molecule has 0 fully saturated rings. The molecule has 144 valence electrons. The first-order valence-electron chi connectivity index (χ1n) is 10.2. The van der Waals surface area contributed by atoms with Crippen LogP contribution in [-0.2, 0) is 5.60 Å². The van der Waals surface area contributed by atoms with Gasteiger partial charge in [0, 0.05) is 22.3 Å². The SMILES string of the molecule is CC1=C(c2ccccc2)Oc2ccccc2C12C=Cc1c(ccc3ccccc13)O2. The van der Waals surface area contributed by atoms with Crippen molar-refractivity contribution in [3.05, 3.63) is 119 Å². The zero-order chi connectivity index (χ0) is 20.1. The van der Waals surface area contributed by atoms with E-state index < -0.39 is 5.60 Å². The Morgan fingerprint density at radius 2 is 1.47 bits per heavy atom. The van der Waals surface area contributed by atoms with Crippen molar-refractivity contribution in [3.8, 4) is 11.5 Å². The molecule has 0 aliphatic carbocycles. The third kappa shape index (κ3) is 2.37. The van der Waals surface area contributed by atoms with E-state index in [9.17, 15) is 0 Å². The van der Waals surface area contributed by atoms with E-state index in [1.54, 1.807) is 0 Å². The summed E-state index contributed by atoms with van der Waals surface area (Å²) in [6, 6.07) is 31.0. The monoisotopic (exact) mass is 388 g/mol.